The van der Waals surface area contributed by atoms with Crippen molar-refractivity contribution >= 4 is 45.9 Å². The van der Waals surface area contributed by atoms with E-state index in [4.69, 9.17) is 21.3 Å². The molecule has 1 unspecified atom stereocenters. The standard InChI is InChI=1S/C25H26ClFN6O2S/c26-20(17-4-2-1-3-5-17)16-33-24-19(15-28-33)23(29-22-14-18(34)6-7-21(22)27)30-25(31-24)36-13-10-32-8-11-35-12-9-32/h1-7,14-15,20,34H,8-13,16H2,(H,29,30,31). The third kappa shape index (κ3) is 5.89. The number of ether oxygens (including phenoxy) is 1. The number of alkyl halides is 1. The molecule has 11 heteroatoms. The maximum absolute atomic E-state index is 14.5. The fraction of sp³-hybridized carbons (Fsp3) is 0.320. The highest BCUT2D eigenvalue weighted by Gasteiger charge is 2.18. The fourth-order valence-corrected chi connectivity index (χ4v) is 5.09. The minimum absolute atomic E-state index is 0.0483. The molecule has 5 rings (SSSR count). The molecule has 0 bridgehead atoms. The topological polar surface area (TPSA) is 88.3 Å². The summed E-state index contributed by atoms with van der Waals surface area (Å²) in [6.07, 6.45) is 1.65. The van der Waals surface area contributed by atoms with Crippen LogP contribution in [0, 0.1) is 5.82 Å². The first-order valence-electron chi connectivity index (χ1n) is 11.7. The molecular weight excluding hydrogens is 503 g/mol. The summed E-state index contributed by atoms with van der Waals surface area (Å²) in [5, 5.41) is 18.3. The number of hydrogen-bond acceptors (Lipinski definition) is 8. The van der Waals surface area contributed by atoms with Crippen LogP contribution in [0.3, 0.4) is 0 Å². The lowest BCUT2D eigenvalue weighted by Gasteiger charge is -2.26. The average Bonchev–Trinajstić information content (AvgIpc) is 3.30. The van der Waals surface area contributed by atoms with Gasteiger partial charge in [0.25, 0.3) is 0 Å². The van der Waals surface area contributed by atoms with E-state index < -0.39 is 5.82 Å². The predicted octanol–water partition coefficient (Wildman–Crippen LogP) is 4.82. The van der Waals surface area contributed by atoms with E-state index in [-0.39, 0.29) is 16.8 Å². The number of nitrogens with zero attached hydrogens (tertiary/aromatic N) is 5. The first kappa shape index (κ1) is 24.8. The SMILES string of the molecule is Oc1ccc(F)c(Nc2nc(SCCN3CCOCC3)nc3c2cnn3CC(Cl)c2ccccc2)c1. The molecule has 2 N–H and O–H groups in total. The summed E-state index contributed by atoms with van der Waals surface area (Å²) < 4.78 is 21.6. The number of morpholine rings is 1. The van der Waals surface area contributed by atoms with Crippen molar-refractivity contribution in [2.75, 3.05) is 43.9 Å². The van der Waals surface area contributed by atoms with E-state index >= 15 is 0 Å². The van der Waals surface area contributed by atoms with Crippen LogP contribution in [0.15, 0.2) is 59.9 Å². The highest BCUT2D eigenvalue weighted by Crippen LogP contribution is 2.31. The second kappa shape index (κ2) is 11.4. The van der Waals surface area contributed by atoms with Crippen LogP contribution in [-0.2, 0) is 11.3 Å². The summed E-state index contributed by atoms with van der Waals surface area (Å²) in [6, 6.07) is 13.6. The summed E-state index contributed by atoms with van der Waals surface area (Å²) in [4.78, 5) is 11.8. The zero-order valence-corrected chi connectivity index (χ0v) is 21.1. The molecule has 0 radical (unpaired) electrons. The summed E-state index contributed by atoms with van der Waals surface area (Å²) in [7, 11) is 0. The smallest absolute Gasteiger partial charge is 0.191 e. The second-order valence-corrected chi connectivity index (χ2v) is 9.98. The highest BCUT2D eigenvalue weighted by molar-refractivity contribution is 7.99. The van der Waals surface area contributed by atoms with Crippen molar-refractivity contribution < 1.29 is 14.2 Å². The van der Waals surface area contributed by atoms with Crippen LogP contribution in [0.5, 0.6) is 5.75 Å². The van der Waals surface area contributed by atoms with Gasteiger partial charge in [-0.25, -0.2) is 19.0 Å². The number of benzene rings is 2. The van der Waals surface area contributed by atoms with Gasteiger partial charge in [0, 0.05) is 31.5 Å². The first-order valence-corrected chi connectivity index (χ1v) is 13.1. The maximum Gasteiger partial charge on any atom is 0.191 e. The molecule has 2 aromatic heterocycles. The minimum Gasteiger partial charge on any atom is -0.508 e. The number of anilines is 2. The maximum atomic E-state index is 14.5. The zero-order valence-electron chi connectivity index (χ0n) is 19.5. The molecule has 36 heavy (non-hydrogen) atoms. The van der Waals surface area contributed by atoms with Crippen LogP contribution in [0.25, 0.3) is 11.0 Å². The summed E-state index contributed by atoms with van der Waals surface area (Å²) in [6.45, 7) is 4.61. The van der Waals surface area contributed by atoms with Crippen LogP contribution >= 0.6 is 23.4 Å². The van der Waals surface area contributed by atoms with E-state index in [2.05, 4.69) is 20.3 Å². The molecule has 188 valence electrons. The fourth-order valence-electron chi connectivity index (χ4n) is 3.98. The van der Waals surface area contributed by atoms with Gasteiger partial charge in [0.15, 0.2) is 10.8 Å². The molecule has 1 atom stereocenters. The number of phenols is 1. The van der Waals surface area contributed by atoms with Gasteiger partial charge in [-0.15, -0.1) is 11.6 Å². The molecule has 0 spiro atoms. The summed E-state index contributed by atoms with van der Waals surface area (Å²) in [5.74, 6) is 0.656. The van der Waals surface area contributed by atoms with Crippen LogP contribution in [-0.4, -0.2) is 68.4 Å². The number of aromatic nitrogens is 4. The van der Waals surface area contributed by atoms with Crippen molar-refractivity contribution in [1.82, 2.24) is 24.6 Å². The van der Waals surface area contributed by atoms with E-state index in [0.29, 0.717) is 28.6 Å². The second-order valence-electron chi connectivity index (χ2n) is 8.39. The van der Waals surface area contributed by atoms with Gasteiger partial charge in [-0.1, -0.05) is 42.1 Å². The van der Waals surface area contributed by atoms with Crippen molar-refractivity contribution in [2.45, 2.75) is 17.1 Å². The van der Waals surface area contributed by atoms with Gasteiger partial charge < -0.3 is 15.2 Å². The van der Waals surface area contributed by atoms with Gasteiger partial charge in [0.05, 0.1) is 42.4 Å². The molecule has 2 aromatic carbocycles. The number of halogens is 2. The number of aromatic hydroxyl groups is 1. The molecule has 1 fully saturated rings. The van der Waals surface area contributed by atoms with E-state index in [0.717, 1.165) is 44.2 Å². The van der Waals surface area contributed by atoms with Gasteiger partial charge in [-0.2, -0.15) is 5.10 Å². The van der Waals surface area contributed by atoms with Crippen molar-refractivity contribution in [2.24, 2.45) is 0 Å². The predicted molar refractivity (Wildman–Crippen MR) is 140 cm³/mol. The largest absolute Gasteiger partial charge is 0.508 e. The Hall–Kier alpha value is -2.92. The number of hydrogen-bond donors (Lipinski definition) is 2. The monoisotopic (exact) mass is 528 g/mol. The Morgan fingerprint density at radius 1 is 1.14 bits per heavy atom. The Morgan fingerprint density at radius 2 is 1.94 bits per heavy atom. The van der Waals surface area contributed by atoms with E-state index in [1.165, 1.54) is 30.0 Å². The molecule has 0 amide bonds. The third-order valence-electron chi connectivity index (χ3n) is 5.92. The summed E-state index contributed by atoms with van der Waals surface area (Å²) >= 11 is 8.22. The lowest BCUT2D eigenvalue weighted by Crippen LogP contribution is -2.37. The minimum atomic E-state index is -0.502. The number of thioether (sulfide) groups is 1. The van der Waals surface area contributed by atoms with Gasteiger partial charge >= 0.3 is 0 Å². The number of fused-ring (bicyclic) bond motifs is 1. The molecule has 1 aliphatic heterocycles. The Morgan fingerprint density at radius 3 is 2.75 bits per heavy atom. The lowest BCUT2D eigenvalue weighted by molar-refractivity contribution is 0.0410. The van der Waals surface area contributed by atoms with Crippen LogP contribution < -0.4 is 5.32 Å². The van der Waals surface area contributed by atoms with Crippen molar-refractivity contribution in [1.29, 1.82) is 0 Å². The molecule has 0 saturated carbocycles. The Labute approximate surface area is 217 Å². The quantitative estimate of drug-likeness (QED) is 0.182. The highest BCUT2D eigenvalue weighted by atomic mass is 35.5. The Kier molecular flexibility index (Phi) is 7.86. The van der Waals surface area contributed by atoms with E-state index in [1.807, 2.05) is 30.3 Å². The molecule has 0 aliphatic carbocycles. The van der Waals surface area contributed by atoms with E-state index in [9.17, 15) is 9.50 Å². The van der Waals surface area contributed by atoms with Crippen LogP contribution in [0.4, 0.5) is 15.9 Å². The van der Waals surface area contributed by atoms with Crippen molar-refractivity contribution in [3.05, 3.63) is 66.1 Å². The normalized spacial score (nSPS) is 15.3. The zero-order chi connectivity index (χ0) is 24.9. The molecule has 3 heterocycles. The van der Waals surface area contributed by atoms with Gasteiger partial charge in [0.2, 0.25) is 0 Å². The Bertz CT molecular complexity index is 1320. The first-order chi connectivity index (χ1) is 17.6. The molecule has 8 nitrogen and oxygen atoms in total. The van der Waals surface area contributed by atoms with Crippen LogP contribution in [0.1, 0.15) is 10.9 Å². The average molecular weight is 529 g/mol. The van der Waals surface area contributed by atoms with Crippen molar-refractivity contribution in [3.8, 4) is 5.75 Å². The lowest BCUT2D eigenvalue weighted by atomic mass is 10.1. The third-order valence-corrected chi connectivity index (χ3v) is 7.13. The molecule has 1 saturated heterocycles. The molecule has 4 aromatic rings. The number of nitrogens with one attached hydrogen (secondary N) is 1. The van der Waals surface area contributed by atoms with Crippen LogP contribution in [0.2, 0.25) is 0 Å². The molecule has 1 aliphatic rings. The summed E-state index contributed by atoms with van der Waals surface area (Å²) in [5.41, 5.74) is 1.70. The van der Waals surface area contributed by atoms with E-state index in [1.54, 1.807) is 10.9 Å². The van der Waals surface area contributed by atoms with Gasteiger partial charge in [-0.05, 0) is 17.7 Å². The number of phenolic OH excluding ortho intramolecular Hbond substituents is 1. The molecular formula is C25H26ClFN6O2S. The Balaban J connectivity index is 1.43. The van der Waals surface area contributed by atoms with Crippen molar-refractivity contribution in [3.63, 3.8) is 0 Å². The number of rotatable bonds is 9. The van der Waals surface area contributed by atoms with Gasteiger partial charge in [-0.3, -0.25) is 4.90 Å². The van der Waals surface area contributed by atoms with Gasteiger partial charge in [0.1, 0.15) is 17.4 Å².